The van der Waals surface area contributed by atoms with Crippen molar-refractivity contribution >= 4 is 38.5 Å². The lowest BCUT2D eigenvalue weighted by atomic mass is 10.1. The second-order valence-corrected chi connectivity index (χ2v) is 7.68. The molecule has 0 fully saturated rings. The van der Waals surface area contributed by atoms with E-state index in [1.807, 2.05) is 37.2 Å². The molecule has 0 bridgehead atoms. The Morgan fingerprint density at radius 2 is 1.79 bits per heavy atom. The normalized spacial score (nSPS) is 11.2. The number of benzene rings is 2. The highest BCUT2D eigenvalue weighted by molar-refractivity contribution is 7.91. The van der Waals surface area contributed by atoms with E-state index in [-0.39, 0.29) is 29.9 Å². The molecule has 0 aliphatic carbocycles. The highest BCUT2D eigenvalue weighted by Crippen LogP contribution is 2.30. The first-order valence-electron chi connectivity index (χ1n) is 7.51. The van der Waals surface area contributed by atoms with Crippen LogP contribution < -0.4 is 10.2 Å². The van der Waals surface area contributed by atoms with Gasteiger partial charge in [0.2, 0.25) is 6.29 Å². The number of hydrogen-bond acceptors (Lipinski definition) is 5. The summed E-state index contributed by atoms with van der Waals surface area (Å²) >= 11 is 0. The van der Waals surface area contributed by atoms with Gasteiger partial charge in [-0.15, -0.1) is 0 Å². The van der Waals surface area contributed by atoms with Crippen LogP contribution in [0.1, 0.15) is 6.42 Å². The number of anilines is 1. The lowest BCUT2D eigenvalue weighted by Gasteiger charge is -2.17. The monoisotopic (exact) mass is 348 g/mol. The van der Waals surface area contributed by atoms with E-state index in [0.29, 0.717) is 5.39 Å². The van der Waals surface area contributed by atoms with Gasteiger partial charge in [-0.1, -0.05) is 24.3 Å². The molecule has 0 aliphatic rings. The summed E-state index contributed by atoms with van der Waals surface area (Å²) in [4.78, 5) is 23.3. The molecule has 0 atom stereocenters. The lowest BCUT2D eigenvalue weighted by molar-refractivity contribution is -0.131. The summed E-state index contributed by atoms with van der Waals surface area (Å²) in [5.41, 5.74) is 0.947. The third-order valence-electron chi connectivity index (χ3n) is 3.67. The SMILES string of the molecule is CN(C)c1cccc2c(S(=O)(=O)CCCNC(=O)C=O)cccc12. The van der Waals surface area contributed by atoms with Gasteiger partial charge in [0, 0.05) is 37.1 Å². The molecule has 6 nitrogen and oxygen atoms in total. The van der Waals surface area contributed by atoms with Crippen molar-refractivity contribution in [3.8, 4) is 0 Å². The average molecular weight is 348 g/mol. The first-order valence-corrected chi connectivity index (χ1v) is 9.17. The first-order chi connectivity index (χ1) is 11.4. The second kappa shape index (κ2) is 7.44. The molecule has 128 valence electrons. The zero-order valence-electron chi connectivity index (χ0n) is 13.7. The number of sulfone groups is 1. The summed E-state index contributed by atoms with van der Waals surface area (Å²) < 4.78 is 25.3. The molecule has 1 N–H and O–H groups in total. The Morgan fingerprint density at radius 1 is 1.12 bits per heavy atom. The molecular formula is C17H20N2O4S. The van der Waals surface area contributed by atoms with E-state index >= 15 is 0 Å². The van der Waals surface area contributed by atoms with Gasteiger partial charge in [0.1, 0.15) is 0 Å². The topological polar surface area (TPSA) is 83.6 Å². The Labute approximate surface area is 141 Å². The molecule has 1 amide bonds. The van der Waals surface area contributed by atoms with Crippen molar-refractivity contribution in [2.24, 2.45) is 0 Å². The highest BCUT2D eigenvalue weighted by Gasteiger charge is 2.18. The Balaban J connectivity index is 2.29. The van der Waals surface area contributed by atoms with Crippen LogP contribution >= 0.6 is 0 Å². The predicted octanol–water partition coefficient (Wildman–Crippen LogP) is 1.38. The summed E-state index contributed by atoms with van der Waals surface area (Å²) in [7, 11) is 0.325. The van der Waals surface area contributed by atoms with Gasteiger partial charge in [-0.05, 0) is 18.6 Å². The molecule has 0 aromatic heterocycles. The molecule has 0 saturated heterocycles. The van der Waals surface area contributed by atoms with E-state index in [9.17, 15) is 18.0 Å². The van der Waals surface area contributed by atoms with E-state index in [1.54, 1.807) is 18.2 Å². The Morgan fingerprint density at radius 3 is 2.46 bits per heavy atom. The van der Waals surface area contributed by atoms with Crippen molar-refractivity contribution < 1.29 is 18.0 Å². The van der Waals surface area contributed by atoms with Crippen LogP contribution in [0.15, 0.2) is 41.3 Å². The van der Waals surface area contributed by atoms with Crippen LogP contribution in [0.2, 0.25) is 0 Å². The van der Waals surface area contributed by atoms with Gasteiger partial charge >= 0.3 is 0 Å². The molecular weight excluding hydrogens is 328 g/mol. The zero-order valence-corrected chi connectivity index (χ0v) is 14.5. The van der Waals surface area contributed by atoms with Crippen LogP contribution in [0.25, 0.3) is 10.8 Å². The number of rotatable bonds is 7. The number of aldehydes is 1. The molecule has 7 heteroatoms. The first kappa shape index (κ1) is 17.9. The van der Waals surface area contributed by atoms with E-state index in [4.69, 9.17) is 0 Å². The molecule has 0 heterocycles. The van der Waals surface area contributed by atoms with E-state index in [0.717, 1.165) is 11.1 Å². The number of carbonyl (C=O) groups is 2. The summed E-state index contributed by atoms with van der Waals surface area (Å²) in [5.74, 6) is -0.842. The third kappa shape index (κ3) is 3.91. The molecule has 2 aromatic carbocycles. The molecule has 0 aliphatic heterocycles. The number of nitrogens with zero attached hydrogens (tertiary/aromatic N) is 1. The van der Waals surface area contributed by atoms with Crippen molar-refractivity contribution in [2.45, 2.75) is 11.3 Å². The van der Waals surface area contributed by atoms with Crippen molar-refractivity contribution in [1.82, 2.24) is 5.32 Å². The van der Waals surface area contributed by atoms with Gasteiger partial charge in [0.25, 0.3) is 5.91 Å². The van der Waals surface area contributed by atoms with Gasteiger partial charge in [0.05, 0.1) is 10.6 Å². The minimum Gasteiger partial charge on any atom is -0.377 e. The fraction of sp³-hybridized carbons (Fsp3) is 0.294. The summed E-state index contributed by atoms with van der Waals surface area (Å²) in [6.45, 7) is 0.143. The largest absolute Gasteiger partial charge is 0.377 e. The summed E-state index contributed by atoms with van der Waals surface area (Å²) in [6, 6.07) is 10.8. The van der Waals surface area contributed by atoms with Gasteiger partial charge in [-0.3, -0.25) is 9.59 Å². The van der Waals surface area contributed by atoms with Crippen LogP contribution in [0.4, 0.5) is 5.69 Å². The summed E-state index contributed by atoms with van der Waals surface area (Å²) in [6.07, 6.45) is 0.410. The highest BCUT2D eigenvalue weighted by atomic mass is 32.2. The van der Waals surface area contributed by atoms with Crippen molar-refractivity contribution in [2.75, 3.05) is 31.3 Å². The quantitative estimate of drug-likeness (QED) is 0.464. The van der Waals surface area contributed by atoms with Crippen molar-refractivity contribution in [3.05, 3.63) is 36.4 Å². The molecule has 0 unspecified atom stereocenters. The fourth-order valence-corrected chi connectivity index (χ4v) is 4.09. The maximum atomic E-state index is 12.6. The van der Waals surface area contributed by atoms with Crippen LogP contribution in [-0.4, -0.2) is 47.0 Å². The number of nitrogens with one attached hydrogen (secondary N) is 1. The van der Waals surface area contributed by atoms with Gasteiger partial charge < -0.3 is 10.2 Å². The lowest BCUT2D eigenvalue weighted by Crippen LogP contribution is -2.26. The van der Waals surface area contributed by atoms with E-state index in [2.05, 4.69) is 5.32 Å². The number of hydrogen-bond donors (Lipinski definition) is 1. The predicted molar refractivity (Wildman–Crippen MR) is 94.0 cm³/mol. The molecule has 2 aromatic rings. The van der Waals surface area contributed by atoms with Crippen molar-refractivity contribution in [1.29, 1.82) is 0 Å². The zero-order chi connectivity index (χ0) is 17.7. The van der Waals surface area contributed by atoms with Crippen LogP contribution in [0, 0.1) is 0 Å². The Kier molecular flexibility index (Phi) is 5.56. The minimum atomic E-state index is -3.49. The van der Waals surface area contributed by atoms with Gasteiger partial charge in [-0.2, -0.15) is 0 Å². The van der Waals surface area contributed by atoms with Crippen LogP contribution in [0.5, 0.6) is 0 Å². The van der Waals surface area contributed by atoms with Crippen molar-refractivity contribution in [3.63, 3.8) is 0 Å². The second-order valence-electron chi connectivity index (χ2n) is 5.60. The third-order valence-corrected chi connectivity index (χ3v) is 5.52. The van der Waals surface area contributed by atoms with Crippen LogP contribution in [-0.2, 0) is 19.4 Å². The molecule has 0 radical (unpaired) electrons. The fourth-order valence-electron chi connectivity index (χ4n) is 2.55. The standard InChI is InChI=1S/C17H20N2O4S/c1-19(2)15-8-3-7-14-13(15)6-4-9-16(14)24(22,23)11-5-10-18-17(21)12-20/h3-4,6-9,12H,5,10-11H2,1-2H3,(H,18,21). The molecule has 24 heavy (non-hydrogen) atoms. The number of amides is 1. The molecule has 0 spiro atoms. The Hall–Kier alpha value is -2.41. The minimum absolute atomic E-state index is 0.0998. The maximum absolute atomic E-state index is 12.6. The molecule has 2 rings (SSSR count). The van der Waals surface area contributed by atoms with Gasteiger partial charge in [-0.25, -0.2) is 8.42 Å². The van der Waals surface area contributed by atoms with E-state index in [1.165, 1.54) is 0 Å². The van der Waals surface area contributed by atoms with Gasteiger partial charge in [0.15, 0.2) is 9.84 Å². The average Bonchev–Trinajstić information content (AvgIpc) is 2.57. The number of carbonyl (C=O) groups excluding carboxylic acids is 2. The number of fused-ring (bicyclic) bond motifs is 1. The van der Waals surface area contributed by atoms with Crippen LogP contribution in [0.3, 0.4) is 0 Å². The Bertz CT molecular complexity index is 860. The maximum Gasteiger partial charge on any atom is 0.284 e. The molecule has 0 saturated carbocycles. The summed E-state index contributed by atoms with van der Waals surface area (Å²) in [5, 5.41) is 3.89. The smallest absolute Gasteiger partial charge is 0.284 e. The van der Waals surface area contributed by atoms with E-state index < -0.39 is 15.7 Å².